The molecule has 0 bridgehead atoms. The van der Waals surface area contributed by atoms with Crippen LogP contribution in [-0.2, 0) is 23.2 Å². The van der Waals surface area contributed by atoms with E-state index >= 15 is 0 Å². The number of pyridine rings is 1. The predicted molar refractivity (Wildman–Crippen MR) is 103 cm³/mol. The number of alkyl halides is 3. The number of halogens is 3. The number of hydrogen-bond donors (Lipinski definition) is 1. The number of rotatable bonds is 4. The maximum atomic E-state index is 12.8. The number of benzene rings is 1. The van der Waals surface area contributed by atoms with Crippen LogP contribution in [0.3, 0.4) is 0 Å². The van der Waals surface area contributed by atoms with Crippen molar-refractivity contribution in [1.82, 2.24) is 24.5 Å². The molecule has 0 fully saturated rings. The molecule has 0 saturated heterocycles. The van der Waals surface area contributed by atoms with E-state index in [4.69, 9.17) is 0 Å². The molecule has 3 aromatic heterocycles. The molecule has 0 saturated carbocycles. The predicted octanol–water partition coefficient (Wildman–Crippen LogP) is 3.28. The van der Waals surface area contributed by atoms with E-state index in [1.54, 1.807) is 24.0 Å². The lowest BCUT2D eigenvalue weighted by molar-refractivity contribution is -0.137. The molecule has 0 amide bonds. The molecular formula is C18H15F3N6O2S. The minimum absolute atomic E-state index is 0.0500. The highest BCUT2D eigenvalue weighted by atomic mass is 32.2. The van der Waals surface area contributed by atoms with Gasteiger partial charge in [0.25, 0.3) is 10.0 Å². The highest BCUT2D eigenvalue weighted by molar-refractivity contribution is 7.92. The van der Waals surface area contributed by atoms with Gasteiger partial charge < -0.3 is 0 Å². The van der Waals surface area contributed by atoms with E-state index in [0.717, 1.165) is 28.0 Å². The lowest BCUT2D eigenvalue weighted by Crippen LogP contribution is -2.14. The summed E-state index contributed by atoms with van der Waals surface area (Å²) in [4.78, 5) is 3.79. The first-order chi connectivity index (χ1) is 14.0. The van der Waals surface area contributed by atoms with Gasteiger partial charge in [0.15, 0.2) is 5.82 Å². The molecule has 8 nitrogen and oxygen atoms in total. The highest BCUT2D eigenvalue weighted by Crippen LogP contribution is 2.29. The summed E-state index contributed by atoms with van der Waals surface area (Å²) in [5.41, 5.74) is 0.893. The van der Waals surface area contributed by atoms with Gasteiger partial charge in [0.1, 0.15) is 4.90 Å². The Labute approximate surface area is 169 Å². The van der Waals surface area contributed by atoms with Crippen LogP contribution < -0.4 is 4.72 Å². The molecule has 0 radical (unpaired) electrons. The topological polar surface area (TPSA) is 94.7 Å². The van der Waals surface area contributed by atoms with Gasteiger partial charge in [-0.25, -0.2) is 18.1 Å². The molecule has 156 valence electrons. The summed E-state index contributed by atoms with van der Waals surface area (Å²) in [5, 5.41) is 8.54. The Morgan fingerprint density at radius 3 is 2.47 bits per heavy atom. The van der Waals surface area contributed by atoms with Gasteiger partial charge in [-0.2, -0.15) is 23.4 Å². The first kappa shape index (κ1) is 19.9. The van der Waals surface area contributed by atoms with Crippen LogP contribution in [0.15, 0.2) is 53.9 Å². The molecule has 1 N–H and O–H groups in total. The van der Waals surface area contributed by atoms with E-state index in [1.807, 2.05) is 13.0 Å². The highest BCUT2D eigenvalue weighted by Gasteiger charge is 2.32. The molecule has 0 atom stereocenters. The summed E-state index contributed by atoms with van der Waals surface area (Å²) in [6.45, 7) is 1.83. The Bertz CT molecular complexity index is 1340. The van der Waals surface area contributed by atoms with Crippen LogP contribution in [0.1, 0.15) is 11.1 Å². The van der Waals surface area contributed by atoms with Crippen LogP contribution in [-0.4, -0.2) is 33.0 Å². The number of aromatic nitrogens is 5. The number of fused-ring (bicyclic) bond motifs is 1. The van der Waals surface area contributed by atoms with Gasteiger partial charge in [-0.15, -0.1) is 0 Å². The van der Waals surface area contributed by atoms with Gasteiger partial charge in [-0.05, 0) is 36.8 Å². The zero-order valence-corrected chi connectivity index (χ0v) is 16.5. The van der Waals surface area contributed by atoms with Crippen molar-refractivity contribution in [2.24, 2.45) is 7.05 Å². The van der Waals surface area contributed by atoms with Crippen molar-refractivity contribution in [2.45, 2.75) is 18.0 Å². The first-order valence-corrected chi connectivity index (χ1v) is 10.1. The number of aryl methyl sites for hydroxylation is 2. The Morgan fingerprint density at radius 1 is 1.07 bits per heavy atom. The minimum atomic E-state index is -4.53. The second-order valence-corrected chi connectivity index (χ2v) is 8.33. The van der Waals surface area contributed by atoms with Gasteiger partial charge in [-0.3, -0.25) is 9.40 Å². The molecule has 0 unspecified atom stereocenters. The third-order valence-electron chi connectivity index (χ3n) is 4.40. The van der Waals surface area contributed by atoms with Crippen LogP contribution >= 0.6 is 0 Å². The summed E-state index contributed by atoms with van der Waals surface area (Å²) in [6, 6.07) is 6.09. The third-order valence-corrected chi connectivity index (χ3v) is 5.75. The standard InChI is InChI=1S/C18H15F3N6O2S/c1-11-5-12-7-23-26(2)17(12)15(6-11)25-30(28,29)14-3-4-16(22-9-14)27-10-13(8-24-27)18(19,20)21/h3-10,25H,1-2H3. The van der Waals surface area contributed by atoms with E-state index in [0.29, 0.717) is 17.4 Å². The maximum Gasteiger partial charge on any atom is 0.419 e. The van der Waals surface area contributed by atoms with Crippen LogP contribution in [0.25, 0.3) is 16.7 Å². The van der Waals surface area contributed by atoms with E-state index in [2.05, 4.69) is 19.9 Å². The molecule has 0 spiro atoms. The van der Waals surface area contributed by atoms with Gasteiger partial charge in [0.05, 0.1) is 29.2 Å². The fourth-order valence-electron chi connectivity index (χ4n) is 3.02. The Morgan fingerprint density at radius 2 is 1.83 bits per heavy atom. The number of sulfonamides is 1. The van der Waals surface area contributed by atoms with E-state index in [-0.39, 0.29) is 10.7 Å². The molecule has 0 aliphatic rings. The molecule has 4 aromatic rings. The van der Waals surface area contributed by atoms with Crippen LogP contribution in [0, 0.1) is 6.92 Å². The second kappa shape index (κ2) is 6.83. The lowest BCUT2D eigenvalue weighted by atomic mass is 10.1. The summed E-state index contributed by atoms with van der Waals surface area (Å²) in [6.07, 6.45) is -0.388. The zero-order valence-electron chi connectivity index (χ0n) is 15.7. The quantitative estimate of drug-likeness (QED) is 0.530. The summed E-state index contributed by atoms with van der Waals surface area (Å²) in [7, 11) is -2.30. The van der Waals surface area contributed by atoms with Gasteiger partial charge in [0, 0.05) is 24.8 Å². The molecule has 12 heteroatoms. The minimum Gasteiger partial charge on any atom is -0.277 e. The maximum absolute atomic E-state index is 12.8. The monoisotopic (exact) mass is 436 g/mol. The fourth-order valence-corrected chi connectivity index (χ4v) is 4.02. The normalized spacial score (nSPS) is 12.4. The second-order valence-electron chi connectivity index (χ2n) is 6.65. The van der Waals surface area contributed by atoms with Crippen molar-refractivity contribution >= 4 is 26.6 Å². The van der Waals surface area contributed by atoms with Crippen molar-refractivity contribution in [1.29, 1.82) is 0 Å². The number of nitrogens with one attached hydrogen (secondary N) is 1. The summed E-state index contributed by atoms with van der Waals surface area (Å²) in [5.74, 6) is 0.0500. The average molecular weight is 436 g/mol. The van der Waals surface area contributed by atoms with Crippen molar-refractivity contribution < 1.29 is 21.6 Å². The first-order valence-electron chi connectivity index (χ1n) is 8.58. The average Bonchev–Trinajstić information content (AvgIpc) is 3.29. The van der Waals surface area contributed by atoms with Gasteiger partial charge in [0.2, 0.25) is 0 Å². The van der Waals surface area contributed by atoms with Gasteiger partial charge >= 0.3 is 6.18 Å². The lowest BCUT2D eigenvalue weighted by Gasteiger charge is -2.11. The Balaban J connectivity index is 1.64. The third kappa shape index (κ3) is 3.61. The number of hydrogen-bond acceptors (Lipinski definition) is 5. The van der Waals surface area contributed by atoms with Crippen molar-refractivity contribution in [3.8, 4) is 5.82 Å². The summed E-state index contributed by atoms with van der Waals surface area (Å²) >= 11 is 0. The SMILES string of the molecule is Cc1cc(NS(=O)(=O)c2ccc(-n3cc(C(F)(F)F)cn3)nc2)c2c(cnn2C)c1. The Kier molecular flexibility index (Phi) is 4.53. The van der Waals surface area contributed by atoms with Crippen molar-refractivity contribution in [3.05, 3.63) is 60.2 Å². The molecule has 30 heavy (non-hydrogen) atoms. The van der Waals surface area contributed by atoms with Gasteiger partial charge in [-0.1, -0.05) is 0 Å². The smallest absolute Gasteiger partial charge is 0.277 e. The molecule has 0 aliphatic heterocycles. The largest absolute Gasteiger partial charge is 0.419 e. The molecule has 1 aromatic carbocycles. The summed E-state index contributed by atoms with van der Waals surface area (Å²) < 4.78 is 68.8. The van der Waals surface area contributed by atoms with Crippen LogP contribution in [0.5, 0.6) is 0 Å². The molecule has 4 rings (SSSR count). The number of anilines is 1. The molecule has 3 heterocycles. The fraction of sp³-hybridized carbons (Fsp3) is 0.167. The Hall–Kier alpha value is -3.41. The van der Waals surface area contributed by atoms with Crippen LogP contribution in [0.4, 0.5) is 18.9 Å². The number of nitrogens with zero attached hydrogens (tertiary/aromatic N) is 5. The van der Waals surface area contributed by atoms with E-state index in [9.17, 15) is 21.6 Å². The van der Waals surface area contributed by atoms with E-state index in [1.165, 1.54) is 12.1 Å². The van der Waals surface area contributed by atoms with Crippen LogP contribution in [0.2, 0.25) is 0 Å². The molecule has 0 aliphatic carbocycles. The molecular weight excluding hydrogens is 421 g/mol. The zero-order chi connectivity index (χ0) is 21.7. The van der Waals surface area contributed by atoms with Crippen molar-refractivity contribution in [2.75, 3.05) is 4.72 Å². The van der Waals surface area contributed by atoms with E-state index < -0.39 is 21.8 Å². The van der Waals surface area contributed by atoms with Crippen molar-refractivity contribution in [3.63, 3.8) is 0 Å².